The molecule has 4 aromatic rings. The molecular formula is C22H22FN7O. The Bertz CT molecular complexity index is 1340. The number of aromatic nitrogens is 3. The Morgan fingerprint density at radius 2 is 1.87 bits per heavy atom. The molecular weight excluding hydrogens is 397 g/mol. The lowest BCUT2D eigenvalue weighted by Gasteiger charge is -2.23. The van der Waals surface area contributed by atoms with Gasteiger partial charge in [-0.05, 0) is 43.0 Å². The van der Waals surface area contributed by atoms with E-state index in [1.165, 1.54) is 11.9 Å². The number of aryl methyl sites for hydroxylation is 1. The van der Waals surface area contributed by atoms with Crippen LogP contribution in [-0.2, 0) is 0 Å². The molecule has 0 fully saturated rings. The van der Waals surface area contributed by atoms with Crippen LogP contribution < -0.4 is 27.9 Å². The summed E-state index contributed by atoms with van der Waals surface area (Å²) >= 11 is 0. The highest BCUT2D eigenvalue weighted by Gasteiger charge is 2.20. The van der Waals surface area contributed by atoms with Crippen molar-refractivity contribution in [2.75, 3.05) is 22.3 Å². The van der Waals surface area contributed by atoms with Crippen LogP contribution in [0.3, 0.4) is 0 Å². The first-order chi connectivity index (χ1) is 14.9. The molecule has 0 spiro atoms. The van der Waals surface area contributed by atoms with E-state index in [0.29, 0.717) is 22.5 Å². The summed E-state index contributed by atoms with van der Waals surface area (Å²) in [5.41, 5.74) is 15.7. The Morgan fingerprint density at radius 1 is 1.10 bits per heavy atom. The van der Waals surface area contributed by atoms with Gasteiger partial charge >= 0.3 is 0 Å². The minimum atomic E-state index is -0.460. The van der Waals surface area contributed by atoms with Crippen molar-refractivity contribution in [3.05, 3.63) is 76.5 Å². The summed E-state index contributed by atoms with van der Waals surface area (Å²) in [4.78, 5) is 21.5. The van der Waals surface area contributed by atoms with Crippen LogP contribution in [-0.4, -0.2) is 14.5 Å². The molecule has 2 aromatic heterocycles. The lowest BCUT2D eigenvalue weighted by Crippen LogP contribution is -2.27. The molecule has 2 aromatic carbocycles. The Hall–Kier alpha value is -4.14. The Balaban J connectivity index is 1.95. The van der Waals surface area contributed by atoms with Gasteiger partial charge in [0.15, 0.2) is 11.6 Å². The minimum absolute atomic E-state index is 0.0361. The smallest absolute Gasteiger partial charge is 0.263 e. The number of rotatable bonds is 5. The summed E-state index contributed by atoms with van der Waals surface area (Å²) in [7, 11) is 0. The molecule has 0 saturated heterocycles. The molecule has 0 amide bonds. The van der Waals surface area contributed by atoms with Crippen LogP contribution in [0.1, 0.15) is 24.2 Å². The van der Waals surface area contributed by atoms with Crippen LogP contribution in [0.2, 0.25) is 0 Å². The zero-order valence-electron chi connectivity index (χ0n) is 17.1. The molecule has 9 heteroatoms. The van der Waals surface area contributed by atoms with E-state index >= 15 is 0 Å². The topological polar surface area (TPSA) is 124 Å². The average molecular weight is 419 g/mol. The van der Waals surface area contributed by atoms with E-state index in [-0.39, 0.29) is 22.9 Å². The van der Waals surface area contributed by atoms with Gasteiger partial charge in [-0.15, -0.1) is 4.48 Å². The highest BCUT2D eigenvalue weighted by molar-refractivity contribution is 5.86. The van der Waals surface area contributed by atoms with Gasteiger partial charge in [0.1, 0.15) is 12.0 Å². The van der Waals surface area contributed by atoms with Crippen LogP contribution in [0.25, 0.3) is 16.5 Å². The maximum Gasteiger partial charge on any atom is 0.263 e. The Kier molecular flexibility index (Phi) is 5.16. The number of anilines is 4. The van der Waals surface area contributed by atoms with Gasteiger partial charge in [-0.25, -0.2) is 15.5 Å². The summed E-state index contributed by atoms with van der Waals surface area (Å²) in [6, 6.07) is 14.3. The summed E-state index contributed by atoms with van der Waals surface area (Å²) in [5, 5.41) is 4.53. The molecule has 0 aliphatic carbocycles. The quantitative estimate of drug-likeness (QED) is 0.287. The Labute approximate surface area is 177 Å². The van der Waals surface area contributed by atoms with Crippen molar-refractivity contribution in [2.24, 2.45) is 0 Å². The van der Waals surface area contributed by atoms with Gasteiger partial charge in [-0.1, -0.05) is 30.3 Å². The lowest BCUT2D eigenvalue weighted by atomic mass is 10.0. The van der Waals surface area contributed by atoms with Crippen molar-refractivity contribution in [3.8, 4) is 5.69 Å². The number of benzene rings is 2. The van der Waals surface area contributed by atoms with Crippen LogP contribution in [0.15, 0.2) is 59.7 Å². The molecule has 8 nitrogen and oxygen atoms in total. The first-order valence-electron chi connectivity index (χ1n) is 9.66. The fourth-order valence-corrected chi connectivity index (χ4v) is 3.69. The summed E-state index contributed by atoms with van der Waals surface area (Å²) < 4.78 is 14.9. The summed E-state index contributed by atoms with van der Waals surface area (Å²) in [6.07, 6.45) is 1.23. The molecule has 0 aliphatic rings. The predicted molar refractivity (Wildman–Crippen MR) is 122 cm³/mol. The number of nitrogen functional groups attached to an aromatic ring is 2. The molecule has 4 rings (SSSR count). The van der Waals surface area contributed by atoms with E-state index in [2.05, 4.69) is 15.3 Å². The van der Waals surface area contributed by atoms with Crippen molar-refractivity contribution in [1.82, 2.24) is 14.5 Å². The van der Waals surface area contributed by atoms with Crippen molar-refractivity contribution >= 4 is 33.8 Å². The van der Waals surface area contributed by atoms with E-state index < -0.39 is 6.04 Å². The number of hydrogen-bond acceptors (Lipinski definition) is 7. The second kappa shape index (κ2) is 7.94. The highest BCUT2D eigenvalue weighted by Crippen LogP contribution is 2.30. The maximum absolute atomic E-state index is 13.6. The SMILES string of the molecule is Cc1cccc2cc(C(C)Nc3ncnc(N)c3NF)n(-c3ccccc3N)c(=O)c12. The van der Waals surface area contributed by atoms with Crippen LogP contribution in [0.4, 0.5) is 27.5 Å². The molecule has 0 aliphatic heterocycles. The zero-order chi connectivity index (χ0) is 22.1. The van der Waals surface area contributed by atoms with E-state index in [9.17, 15) is 9.28 Å². The van der Waals surface area contributed by atoms with Gasteiger partial charge in [0.05, 0.1) is 22.8 Å². The van der Waals surface area contributed by atoms with Gasteiger partial charge in [0.2, 0.25) is 0 Å². The molecule has 158 valence electrons. The third kappa shape index (κ3) is 3.50. The van der Waals surface area contributed by atoms with E-state index in [4.69, 9.17) is 11.5 Å². The number of fused-ring (bicyclic) bond motifs is 1. The third-order valence-corrected chi connectivity index (χ3v) is 5.23. The highest BCUT2D eigenvalue weighted by atomic mass is 19.2. The lowest BCUT2D eigenvalue weighted by molar-refractivity contribution is 0.616. The summed E-state index contributed by atoms with van der Waals surface area (Å²) in [5.74, 6) is 0.137. The molecule has 2 heterocycles. The molecule has 31 heavy (non-hydrogen) atoms. The number of nitrogens with one attached hydrogen (secondary N) is 2. The average Bonchev–Trinajstić information content (AvgIpc) is 2.74. The largest absolute Gasteiger partial charge is 0.397 e. The summed E-state index contributed by atoms with van der Waals surface area (Å²) in [6.45, 7) is 3.74. The van der Waals surface area contributed by atoms with E-state index in [0.717, 1.165) is 10.9 Å². The number of pyridine rings is 1. The first-order valence-corrected chi connectivity index (χ1v) is 9.66. The molecule has 1 unspecified atom stereocenters. The molecule has 0 saturated carbocycles. The Morgan fingerprint density at radius 3 is 2.61 bits per heavy atom. The standard InChI is InChI=1S/C22H22FN7O/c1-12-6-5-7-14-10-17(13(2)28-21-19(29-23)20(25)26-11-27-21)30(22(31)18(12)14)16-9-4-3-8-15(16)24/h3-11,13,29H,24H2,1-2H3,(H3,25,26,27,28). The van der Waals surface area contributed by atoms with Crippen LogP contribution in [0.5, 0.6) is 0 Å². The number of halogens is 1. The van der Waals surface area contributed by atoms with Gasteiger partial charge < -0.3 is 16.8 Å². The van der Waals surface area contributed by atoms with Gasteiger partial charge in [0.25, 0.3) is 5.56 Å². The molecule has 1 atom stereocenters. The van der Waals surface area contributed by atoms with Crippen molar-refractivity contribution in [2.45, 2.75) is 19.9 Å². The molecule has 0 radical (unpaired) electrons. The monoisotopic (exact) mass is 419 g/mol. The first kappa shape index (κ1) is 20.1. The molecule has 6 N–H and O–H groups in total. The van der Waals surface area contributed by atoms with E-state index in [1.54, 1.807) is 22.8 Å². The number of para-hydroxylation sites is 2. The van der Waals surface area contributed by atoms with Gasteiger partial charge in [-0.2, -0.15) is 0 Å². The number of nitrogens with two attached hydrogens (primary N) is 2. The third-order valence-electron chi connectivity index (χ3n) is 5.23. The fourth-order valence-electron chi connectivity index (χ4n) is 3.69. The van der Waals surface area contributed by atoms with Crippen molar-refractivity contribution in [1.29, 1.82) is 0 Å². The number of hydrogen-bond donors (Lipinski definition) is 4. The normalized spacial score (nSPS) is 12.0. The van der Waals surface area contributed by atoms with Crippen LogP contribution >= 0.6 is 0 Å². The number of nitrogens with zero attached hydrogens (tertiary/aromatic N) is 3. The second-order valence-electron chi connectivity index (χ2n) is 7.25. The van der Waals surface area contributed by atoms with Crippen molar-refractivity contribution < 1.29 is 4.48 Å². The van der Waals surface area contributed by atoms with Crippen LogP contribution in [0, 0.1) is 6.92 Å². The molecule has 0 bridgehead atoms. The zero-order valence-corrected chi connectivity index (χ0v) is 17.1. The fraction of sp³-hybridized carbons (Fsp3) is 0.136. The second-order valence-corrected chi connectivity index (χ2v) is 7.25. The van der Waals surface area contributed by atoms with Gasteiger partial charge in [0, 0.05) is 5.69 Å². The van der Waals surface area contributed by atoms with E-state index in [1.807, 2.05) is 44.2 Å². The van der Waals surface area contributed by atoms with Crippen molar-refractivity contribution in [3.63, 3.8) is 0 Å². The van der Waals surface area contributed by atoms with Gasteiger partial charge in [-0.3, -0.25) is 9.36 Å². The predicted octanol–water partition coefficient (Wildman–Crippen LogP) is 3.72. The maximum atomic E-state index is 13.6. The minimum Gasteiger partial charge on any atom is -0.397 e.